The molecule has 1 aliphatic heterocycles. The van der Waals surface area contributed by atoms with Gasteiger partial charge in [-0.25, -0.2) is 12.8 Å². The van der Waals surface area contributed by atoms with Crippen molar-refractivity contribution in [3.8, 4) is 0 Å². The number of amides is 2. The Morgan fingerprint density at radius 3 is 2.58 bits per heavy atom. The number of nitrogens with zero attached hydrogens (tertiary/aromatic N) is 1. The van der Waals surface area contributed by atoms with Gasteiger partial charge in [0.2, 0.25) is 10.0 Å². The third-order valence-electron chi connectivity index (χ3n) is 5.13. The number of piperidine rings is 1. The maximum Gasteiger partial charge on any atom is 0.255 e. The van der Waals surface area contributed by atoms with E-state index in [1.54, 1.807) is 0 Å². The van der Waals surface area contributed by atoms with Crippen LogP contribution in [0.3, 0.4) is 0 Å². The summed E-state index contributed by atoms with van der Waals surface area (Å²) in [7, 11) is -2.50. The van der Waals surface area contributed by atoms with Gasteiger partial charge >= 0.3 is 0 Å². The molecule has 0 bridgehead atoms. The lowest BCUT2D eigenvalue weighted by molar-refractivity contribution is 0.0957. The van der Waals surface area contributed by atoms with Gasteiger partial charge in [0.25, 0.3) is 11.8 Å². The molecule has 1 heterocycles. The highest BCUT2D eigenvalue weighted by atomic mass is 35.5. The van der Waals surface area contributed by atoms with Crippen molar-refractivity contribution in [1.82, 2.24) is 9.62 Å². The Morgan fingerprint density at radius 2 is 1.90 bits per heavy atom. The molecule has 3 rings (SSSR count). The SMILES string of the molecule is CNC(=O)c1cc(NC(=O)c2ccc(Cl)c(S(=O)(=O)N3CCCC(C)C3)c2)ccc1F. The topological polar surface area (TPSA) is 95.6 Å². The summed E-state index contributed by atoms with van der Waals surface area (Å²) in [6, 6.07) is 7.57. The minimum Gasteiger partial charge on any atom is -0.355 e. The monoisotopic (exact) mass is 467 g/mol. The van der Waals surface area contributed by atoms with Crippen molar-refractivity contribution in [2.24, 2.45) is 5.92 Å². The molecule has 0 spiro atoms. The summed E-state index contributed by atoms with van der Waals surface area (Å²) in [5.41, 5.74) is 0.0342. The summed E-state index contributed by atoms with van der Waals surface area (Å²) in [6.07, 6.45) is 1.72. The van der Waals surface area contributed by atoms with Gasteiger partial charge in [0.05, 0.1) is 10.6 Å². The lowest BCUT2D eigenvalue weighted by Gasteiger charge is -2.30. The Labute approximate surface area is 185 Å². The summed E-state index contributed by atoms with van der Waals surface area (Å²) in [5.74, 6) is -1.74. The van der Waals surface area contributed by atoms with Crippen LogP contribution in [0.15, 0.2) is 41.3 Å². The van der Waals surface area contributed by atoms with Crippen LogP contribution >= 0.6 is 11.6 Å². The van der Waals surface area contributed by atoms with Crippen molar-refractivity contribution in [3.63, 3.8) is 0 Å². The van der Waals surface area contributed by atoms with E-state index in [0.717, 1.165) is 18.9 Å². The molecule has 0 aliphatic carbocycles. The maximum atomic E-state index is 13.8. The van der Waals surface area contributed by atoms with Crippen LogP contribution in [0.2, 0.25) is 5.02 Å². The number of anilines is 1. The van der Waals surface area contributed by atoms with Crippen LogP contribution in [-0.2, 0) is 10.0 Å². The number of rotatable bonds is 5. The van der Waals surface area contributed by atoms with Crippen molar-refractivity contribution < 1.29 is 22.4 Å². The Morgan fingerprint density at radius 1 is 1.16 bits per heavy atom. The standard InChI is InChI=1S/C21H23ClFN3O4S/c1-13-4-3-9-26(12-13)31(29,30)19-10-14(5-7-17(19)22)20(27)25-15-6-8-18(23)16(11-15)21(28)24-2/h5-8,10-11,13H,3-4,9,12H2,1-2H3,(H,24,28)(H,25,27). The van der Waals surface area contributed by atoms with Crippen molar-refractivity contribution >= 4 is 39.1 Å². The van der Waals surface area contributed by atoms with E-state index in [1.165, 1.54) is 41.7 Å². The molecule has 2 aromatic rings. The second-order valence-electron chi connectivity index (χ2n) is 7.48. The predicted molar refractivity (Wildman–Crippen MR) is 116 cm³/mol. The van der Waals surface area contributed by atoms with Gasteiger partial charge in [-0.2, -0.15) is 4.31 Å². The second-order valence-corrected chi connectivity index (χ2v) is 9.80. The number of hydrogen-bond donors (Lipinski definition) is 2. The van der Waals surface area contributed by atoms with Gasteiger partial charge in [0.15, 0.2) is 0 Å². The van der Waals surface area contributed by atoms with Crippen LogP contribution in [0.5, 0.6) is 0 Å². The smallest absolute Gasteiger partial charge is 0.255 e. The van der Waals surface area contributed by atoms with Crippen LogP contribution in [0.1, 0.15) is 40.5 Å². The Kier molecular flexibility index (Phi) is 6.98. The normalized spacial score (nSPS) is 17.2. The molecule has 0 radical (unpaired) electrons. The molecule has 0 aromatic heterocycles. The minimum atomic E-state index is -3.86. The van der Waals surface area contributed by atoms with Gasteiger partial charge in [-0.15, -0.1) is 0 Å². The van der Waals surface area contributed by atoms with Crippen LogP contribution in [0.25, 0.3) is 0 Å². The van der Waals surface area contributed by atoms with Gasteiger partial charge in [0.1, 0.15) is 10.7 Å². The molecule has 166 valence electrons. The lowest BCUT2D eigenvalue weighted by atomic mass is 10.0. The molecule has 2 amide bonds. The fourth-order valence-corrected chi connectivity index (χ4v) is 5.56. The first-order valence-corrected chi connectivity index (χ1v) is 11.6. The minimum absolute atomic E-state index is 0.0264. The van der Waals surface area contributed by atoms with Crippen LogP contribution in [-0.4, -0.2) is 44.7 Å². The number of sulfonamides is 1. The Hall–Kier alpha value is -2.49. The van der Waals surface area contributed by atoms with Crippen molar-refractivity contribution in [2.45, 2.75) is 24.7 Å². The first-order chi connectivity index (χ1) is 14.6. The molecule has 1 aliphatic rings. The van der Waals surface area contributed by atoms with E-state index in [9.17, 15) is 22.4 Å². The van der Waals surface area contributed by atoms with Crippen LogP contribution in [0.4, 0.5) is 10.1 Å². The van der Waals surface area contributed by atoms with E-state index < -0.39 is 27.7 Å². The first-order valence-electron chi connectivity index (χ1n) is 9.76. The lowest BCUT2D eigenvalue weighted by Crippen LogP contribution is -2.39. The average molecular weight is 468 g/mol. The zero-order valence-electron chi connectivity index (χ0n) is 17.1. The number of carbonyl (C=O) groups excluding carboxylic acids is 2. The van der Waals surface area contributed by atoms with E-state index >= 15 is 0 Å². The second kappa shape index (κ2) is 9.33. The molecule has 7 nitrogen and oxygen atoms in total. The largest absolute Gasteiger partial charge is 0.355 e. The molecule has 1 atom stereocenters. The Balaban J connectivity index is 1.88. The molecular formula is C21H23ClFN3O4S. The number of benzene rings is 2. The summed E-state index contributed by atoms with van der Waals surface area (Å²) in [4.78, 5) is 24.3. The fourth-order valence-electron chi connectivity index (χ4n) is 3.46. The van der Waals surface area contributed by atoms with Crippen molar-refractivity contribution in [3.05, 3.63) is 58.4 Å². The van der Waals surface area contributed by atoms with E-state index in [-0.39, 0.29) is 32.7 Å². The number of nitrogens with one attached hydrogen (secondary N) is 2. The van der Waals surface area contributed by atoms with Gasteiger partial charge in [-0.05, 0) is 55.2 Å². The Bertz CT molecular complexity index is 1120. The van der Waals surface area contributed by atoms with Crippen molar-refractivity contribution in [2.75, 3.05) is 25.5 Å². The molecule has 1 fully saturated rings. The molecule has 2 aromatic carbocycles. The summed E-state index contributed by atoms with van der Waals surface area (Å²) >= 11 is 6.17. The molecule has 31 heavy (non-hydrogen) atoms. The molecule has 10 heteroatoms. The molecule has 2 N–H and O–H groups in total. The average Bonchev–Trinajstić information content (AvgIpc) is 2.74. The quantitative estimate of drug-likeness (QED) is 0.703. The van der Waals surface area contributed by atoms with Gasteiger partial charge in [-0.1, -0.05) is 18.5 Å². The highest BCUT2D eigenvalue weighted by molar-refractivity contribution is 7.89. The highest BCUT2D eigenvalue weighted by Gasteiger charge is 2.31. The first kappa shape index (κ1) is 23.2. The fraction of sp³-hybridized carbons (Fsp3) is 0.333. The van der Waals surface area contributed by atoms with E-state index in [1.807, 2.05) is 6.92 Å². The number of hydrogen-bond acceptors (Lipinski definition) is 4. The highest BCUT2D eigenvalue weighted by Crippen LogP contribution is 2.29. The molecule has 0 saturated carbocycles. The van der Waals surface area contributed by atoms with Gasteiger partial charge in [0, 0.05) is 31.4 Å². The molecule has 1 unspecified atom stereocenters. The summed E-state index contributed by atoms with van der Waals surface area (Å²) < 4.78 is 41.4. The molecule has 1 saturated heterocycles. The third kappa shape index (κ3) is 5.06. The third-order valence-corrected chi connectivity index (χ3v) is 7.47. The number of carbonyl (C=O) groups is 2. The van der Waals surface area contributed by atoms with E-state index in [4.69, 9.17) is 11.6 Å². The van der Waals surface area contributed by atoms with Crippen LogP contribution < -0.4 is 10.6 Å². The van der Waals surface area contributed by atoms with E-state index in [0.29, 0.717) is 13.1 Å². The summed E-state index contributed by atoms with van der Waals surface area (Å²) in [5, 5.41) is 4.90. The van der Waals surface area contributed by atoms with E-state index in [2.05, 4.69) is 10.6 Å². The maximum absolute atomic E-state index is 13.8. The molecular weight excluding hydrogens is 445 g/mol. The zero-order valence-corrected chi connectivity index (χ0v) is 18.7. The zero-order chi connectivity index (χ0) is 22.8. The summed E-state index contributed by atoms with van der Waals surface area (Å²) in [6.45, 7) is 2.78. The predicted octanol–water partition coefficient (Wildman–Crippen LogP) is 3.51. The van der Waals surface area contributed by atoms with Crippen LogP contribution in [0, 0.1) is 11.7 Å². The van der Waals surface area contributed by atoms with Crippen molar-refractivity contribution in [1.29, 1.82) is 0 Å². The van der Waals surface area contributed by atoms with Gasteiger partial charge < -0.3 is 10.6 Å². The van der Waals surface area contributed by atoms with Gasteiger partial charge in [-0.3, -0.25) is 9.59 Å². The number of halogens is 2.